The monoisotopic (exact) mass is 416 g/mol. The quantitative estimate of drug-likeness (QED) is 0.686. The van der Waals surface area contributed by atoms with Crippen LogP contribution < -0.4 is 5.32 Å². The largest absolute Gasteiger partial charge is 0.447 e. The van der Waals surface area contributed by atoms with E-state index >= 15 is 0 Å². The van der Waals surface area contributed by atoms with Crippen LogP contribution in [0.4, 0.5) is 9.59 Å². The Morgan fingerprint density at radius 3 is 2.14 bits per heavy atom. The summed E-state index contributed by atoms with van der Waals surface area (Å²) >= 11 is 4.44. The molecule has 28 heavy (non-hydrogen) atoms. The fourth-order valence-electron chi connectivity index (χ4n) is 3.55. The van der Waals surface area contributed by atoms with Gasteiger partial charge in [0, 0.05) is 45.8 Å². The van der Waals surface area contributed by atoms with Crippen molar-refractivity contribution in [2.75, 3.05) is 45.8 Å². The number of ether oxygens (including phenoxy) is 2. The van der Waals surface area contributed by atoms with Crippen LogP contribution in [0.25, 0.3) is 0 Å². The van der Waals surface area contributed by atoms with Crippen molar-refractivity contribution in [3.63, 3.8) is 0 Å². The van der Waals surface area contributed by atoms with Gasteiger partial charge < -0.3 is 19.7 Å². The smallest absolute Gasteiger partial charge is 0.410 e. The molecule has 0 aromatic carbocycles. The second-order valence-electron chi connectivity index (χ2n) is 9.06. The van der Waals surface area contributed by atoms with Crippen LogP contribution in [0, 0.1) is 0 Å². The molecule has 0 spiro atoms. The minimum atomic E-state index is -0.486. The van der Waals surface area contributed by atoms with Crippen molar-refractivity contribution in [1.82, 2.24) is 19.4 Å². The number of hydrogen-bond acceptors (Lipinski definition) is 7. The summed E-state index contributed by atoms with van der Waals surface area (Å²) < 4.78 is 12.8. The van der Waals surface area contributed by atoms with Gasteiger partial charge in [0.25, 0.3) is 0 Å². The molecule has 1 N–H and O–H groups in total. The molecule has 2 saturated heterocycles. The van der Waals surface area contributed by atoms with Gasteiger partial charge in [-0.05, 0) is 47.5 Å². The second kappa shape index (κ2) is 9.54. The Morgan fingerprint density at radius 1 is 1.07 bits per heavy atom. The zero-order valence-electron chi connectivity index (χ0n) is 17.9. The fraction of sp³-hybridized carbons (Fsp3) is 0.895. The molecule has 0 atom stereocenters. The number of amides is 2. The molecule has 0 aromatic heterocycles. The summed E-state index contributed by atoms with van der Waals surface area (Å²) in [5.74, 6) is 0. The molecule has 2 aliphatic heterocycles. The maximum Gasteiger partial charge on any atom is 0.410 e. The van der Waals surface area contributed by atoms with Crippen molar-refractivity contribution in [3.05, 3.63) is 0 Å². The number of nitrogens with one attached hydrogen (secondary N) is 1. The molecular formula is C19H36N4O4S. The van der Waals surface area contributed by atoms with E-state index in [0.29, 0.717) is 13.1 Å². The highest BCUT2D eigenvalue weighted by Crippen LogP contribution is 2.25. The highest BCUT2D eigenvalue weighted by molar-refractivity contribution is 7.77. The Balaban J connectivity index is 1.92. The van der Waals surface area contributed by atoms with E-state index in [0.717, 1.165) is 45.6 Å². The number of thiol groups is 1. The minimum absolute atomic E-state index is 0.153. The van der Waals surface area contributed by atoms with E-state index in [1.165, 1.54) is 0 Å². The number of carbonyl (C=O) groups is 2. The maximum atomic E-state index is 12.3. The zero-order chi connectivity index (χ0) is 20.9. The van der Waals surface area contributed by atoms with Crippen LogP contribution in [0.5, 0.6) is 0 Å². The molecule has 0 bridgehead atoms. The van der Waals surface area contributed by atoms with Crippen molar-refractivity contribution < 1.29 is 19.1 Å². The van der Waals surface area contributed by atoms with Crippen LogP contribution in [-0.4, -0.2) is 89.3 Å². The number of rotatable bonds is 4. The Morgan fingerprint density at radius 2 is 1.64 bits per heavy atom. The molecule has 0 saturated carbocycles. The highest BCUT2D eigenvalue weighted by atomic mass is 32.1. The van der Waals surface area contributed by atoms with Gasteiger partial charge >= 0.3 is 12.2 Å². The normalized spacial score (nSPS) is 21.5. The van der Waals surface area contributed by atoms with E-state index in [1.807, 2.05) is 38.9 Å². The Kier molecular flexibility index (Phi) is 7.87. The summed E-state index contributed by atoms with van der Waals surface area (Å²) in [6, 6.07) is 0. The van der Waals surface area contributed by atoms with Crippen molar-refractivity contribution in [2.24, 2.45) is 0 Å². The topological polar surface area (TPSA) is 74.3 Å². The molecule has 0 radical (unpaired) electrons. The average Bonchev–Trinajstić information content (AvgIpc) is 2.56. The first-order chi connectivity index (χ1) is 13.0. The van der Waals surface area contributed by atoms with Crippen LogP contribution in [0.3, 0.4) is 0 Å². The van der Waals surface area contributed by atoms with Gasteiger partial charge in [0.05, 0.1) is 11.6 Å². The number of carbonyl (C=O) groups excluding carboxylic acids is 2. The van der Waals surface area contributed by atoms with Crippen molar-refractivity contribution >= 4 is 25.0 Å². The second-order valence-corrected chi connectivity index (χ2v) is 9.62. The molecular weight excluding hydrogens is 380 g/mol. The van der Waals surface area contributed by atoms with Gasteiger partial charge in [-0.15, -0.1) is 0 Å². The molecule has 0 aromatic rings. The van der Waals surface area contributed by atoms with Crippen molar-refractivity contribution in [3.8, 4) is 0 Å². The summed E-state index contributed by atoms with van der Waals surface area (Å²) in [5, 5.41) is 3.13. The maximum absolute atomic E-state index is 12.3. The lowest BCUT2D eigenvalue weighted by Gasteiger charge is -2.45. The molecule has 162 valence electrons. The first kappa shape index (κ1) is 23.1. The summed E-state index contributed by atoms with van der Waals surface area (Å²) in [5.41, 5.74) is -0.820. The molecule has 0 aliphatic carbocycles. The average molecular weight is 417 g/mol. The Bertz CT molecular complexity index is 537. The minimum Gasteiger partial charge on any atom is -0.447 e. The van der Waals surface area contributed by atoms with E-state index in [2.05, 4.69) is 23.0 Å². The predicted molar refractivity (Wildman–Crippen MR) is 112 cm³/mol. The first-order valence-corrected chi connectivity index (χ1v) is 10.5. The number of nitrogens with zero attached hydrogens (tertiary/aromatic N) is 3. The molecule has 9 heteroatoms. The van der Waals surface area contributed by atoms with Crippen molar-refractivity contribution in [2.45, 2.75) is 64.7 Å². The van der Waals surface area contributed by atoms with Crippen LogP contribution in [0.2, 0.25) is 0 Å². The van der Waals surface area contributed by atoms with E-state index in [4.69, 9.17) is 9.47 Å². The third kappa shape index (κ3) is 7.33. The molecule has 0 unspecified atom stereocenters. The number of alkyl carbamates (subject to hydrolysis) is 1. The lowest BCUT2D eigenvalue weighted by molar-refractivity contribution is 0.0104. The molecule has 2 rings (SSSR count). The SMILES string of the molecule is CC(C)OC(=O)NC1(CN2CCN(C(=O)OC(C)(C)C)CC2)CCN(S)CC1. The molecule has 2 aliphatic rings. The van der Waals surface area contributed by atoms with Gasteiger partial charge in [-0.2, -0.15) is 0 Å². The summed E-state index contributed by atoms with van der Waals surface area (Å²) in [4.78, 5) is 28.6. The predicted octanol–water partition coefficient (Wildman–Crippen LogP) is 2.35. The van der Waals surface area contributed by atoms with Gasteiger partial charge in [-0.3, -0.25) is 9.21 Å². The number of piperidine rings is 1. The fourth-order valence-corrected chi connectivity index (χ4v) is 3.75. The molecule has 2 amide bonds. The van der Waals surface area contributed by atoms with E-state index in [1.54, 1.807) is 4.90 Å². The van der Waals surface area contributed by atoms with Crippen LogP contribution >= 0.6 is 12.8 Å². The highest BCUT2D eigenvalue weighted by Gasteiger charge is 2.39. The van der Waals surface area contributed by atoms with E-state index in [9.17, 15) is 9.59 Å². The first-order valence-electron chi connectivity index (χ1n) is 10.1. The van der Waals surface area contributed by atoms with Gasteiger partial charge in [0.1, 0.15) is 5.60 Å². The molecule has 2 heterocycles. The number of hydrogen-bond donors (Lipinski definition) is 2. The van der Waals surface area contributed by atoms with Crippen LogP contribution in [0.15, 0.2) is 0 Å². The van der Waals surface area contributed by atoms with Gasteiger partial charge in [0.2, 0.25) is 0 Å². The summed E-state index contributed by atoms with van der Waals surface area (Å²) in [6.45, 7) is 14.4. The van der Waals surface area contributed by atoms with E-state index in [-0.39, 0.29) is 23.8 Å². The standard InChI is InChI=1S/C19H36N4O4S/c1-15(2)26-16(24)20-19(6-8-23(28)9-7-19)14-21-10-12-22(13-11-21)17(25)27-18(3,4)5/h15,28H,6-14H2,1-5H3,(H,20,24). The summed E-state index contributed by atoms with van der Waals surface area (Å²) in [6.07, 6.45) is 0.852. The Hall–Kier alpha value is -1.19. The summed E-state index contributed by atoms with van der Waals surface area (Å²) in [7, 11) is 0. The lowest BCUT2D eigenvalue weighted by Crippen LogP contribution is -2.62. The third-order valence-electron chi connectivity index (χ3n) is 4.96. The lowest BCUT2D eigenvalue weighted by atomic mass is 9.87. The zero-order valence-corrected chi connectivity index (χ0v) is 18.8. The van der Waals surface area contributed by atoms with Crippen molar-refractivity contribution in [1.29, 1.82) is 0 Å². The third-order valence-corrected chi connectivity index (χ3v) is 5.36. The van der Waals surface area contributed by atoms with E-state index < -0.39 is 5.60 Å². The van der Waals surface area contributed by atoms with Gasteiger partial charge in [-0.25, -0.2) is 9.59 Å². The van der Waals surface area contributed by atoms with Crippen LogP contribution in [-0.2, 0) is 9.47 Å². The van der Waals surface area contributed by atoms with Crippen LogP contribution in [0.1, 0.15) is 47.5 Å². The molecule has 8 nitrogen and oxygen atoms in total. The Labute approximate surface area is 174 Å². The molecule has 2 fully saturated rings. The van der Waals surface area contributed by atoms with Gasteiger partial charge in [-0.1, -0.05) is 12.8 Å². The van der Waals surface area contributed by atoms with Gasteiger partial charge in [0.15, 0.2) is 0 Å². The number of piperazine rings is 1.